The Hall–Kier alpha value is -0.260. The summed E-state index contributed by atoms with van der Waals surface area (Å²) in [5.41, 5.74) is 0. The van der Waals surface area contributed by atoms with Crippen LogP contribution in [0.5, 0.6) is 0 Å². The van der Waals surface area contributed by atoms with Crippen LogP contribution in [-0.4, -0.2) is 17.0 Å². The molecule has 0 amide bonds. The average molecular weight is 180 g/mol. The summed E-state index contributed by atoms with van der Waals surface area (Å²) in [5.74, 6) is 0.0553. The van der Waals surface area contributed by atoms with Crippen molar-refractivity contribution in [3.05, 3.63) is 0 Å². The SMILES string of the molecule is N#CCCC(Cl)(C=O)CCl. The molecule has 0 N–H and O–H groups in total. The third kappa shape index (κ3) is 3.05. The predicted molar refractivity (Wildman–Crippen MR) is 40.2 cm³/mol. The zero-order chi connectivity index (χ0) is 8.04. The maximum Gasteiger partial charge on any atom is 0.142 e. The molecule has 0 aliphatic heterocycles. The van der Waals surface area contributed by atoms with E-state index in [2.05, 4.69) is 0 Å². The minimum atomic E-state index is -1.03. The lowest BCUT2D eigenvalue weighted by atomic mass is 10.1. The summed E-state index contributed by atoms with van der Waals surface area (Å²) in [4.78, 5) is 9.21. The third-order valence-electron chi connectivity index (χ3n) is 1.09. The highest BCUT2D eigenvalue weighted by Crippen LogP contribution is 2.20. The van der Waals surface area contributed by atoms with Gasteiger partial charge in [-0.3, -0.25) is 0 Å². The van der Waals surface area contributed by atoms with Crippen molar-refractivity contribution < 1.29 is 4.79 Å². The van der Waals surface area contributed by atoms with E-state index in [0.717, 1.165) is 0 Å². The molecule has 1 unspecified atom stereocenters. The van der Waals surface area contributed by atoms with Crippen molar-refractivity contribution in [1.29, 1.82) is 5.26 Å². The maximum absolute atomic E-state index is 10.2. The second kappa shape index (κ2) is 4.54. The van der Waals surface area contributed by atoms with E-state index in [-0.39, 0.29) is 12.3 Å². The van der Waals surface area contributed by atoms with Gasteiger partial charge in [0.05, 0.1) is 6.07 Å². The number of carbonyl (C=O) groups excluding carboxylic acids is 1. The van der Waals surface area contributed by atoms with Crippen molar-refractivity contribution >= 4 is 29.5 Å². The van der Waals surface area contributed by atoms with Crippen molar-refractivity contribution in [3.63, 3.8) is 0 Å². The van der Waals surface area contributed by atoms with Crippen molar-refractivity contribution in [2.24, 2.45) is 0 Å². The summed E-state index contributed by atoms with van der Waals surface area (Å²) in [6.07, 6.45) is 1.16. The normalized spacial score (nSPS) is 15.3. The fourth-order valence-electron chi connectivity index (χ4n) is 0.421. The molecule has 0 aliphatic carbocycles. The highest BCUT2D eigenvalue weighted by Gasteiger charge is 2.24. The topological polar surface area (TPSA) is 40.9 Å². The van der Waals surface area contributed by atoms with Crippen LogP contribution in [0.4, 0.5) is 0 Å². The van der Waals surface area contributed by atoms with Crippen LogP contribution in [-0.2, 0) is 4.79 Å². The van der Waals surface area contributed by atoms with Crippen molar-refractivity contribution in [1.82, 2.24) is 0 Å². The first-order valence-electron chi connectivity index (χ1n) is 2.76. The van der Waals surface area contributed by atoms with E-state index >= 15 is 0 Å². The first-order valence-corrected chi connectivity index (χ1v) is 3.68. The zero-order valence-electron chi connectivity index (χ0n) is 5.31. The quantitative estimate of drug-likeness (QED) is 0.488. The minimum Gasteiger partial charge on any atom is -0.301 e. The Labute approximate surface area is 69.7 Å². The number of aldehydes is 1. The first kappa shape index (κ1) is 9.74. The van der Waals surface area contributed by atoms with Crippen molar-refractivity contribution in [2.45, 2.75) is 17.7 Å². The van der Waals surface area contributed by atoms with E-state index in [0.29, 0.717) is 12.7 Å². The van der Waals surface area contributed by atoms with Gasteiger partial charge in [-0.2, -0.15) is 5.26 Å². The lowest BCUT2D eigenvalue weighted by Crippen LogP contribution is -2.25. The second-order valence-corrected chi connectivity index (χ2v) is 2.96. The summed E-state index contributed by atoms with van der Waals surface area (Å²) >= 11 is 11.0. The van der Waals surface area contributed by atoms with Gasteiger partial charge in [-0.05, 0) is 6.42 Å². The van der Waals surface area contributed by atoms with E-state index in [1.165, 1.54) is 0 Å². The Morgan fingerprint density at radius 1 is 1.70 bits per heavy atom. The average Bonchev–Trinajstić information content (AvgIpc) is 2.00. The molecule has 56 valence electrons. The molecule has 0 fully saturated rings. The maximum atomic E-state index is 10.2. The second-order valence-electron chi connectivity index (χ2n) is 1.94. The van der Waals surface area contributed by atoms with Crippen LogP contribution in [0.3, 0.4) is 0 Å². The van der Waals surface area contributed by atoms with Gasteiger partial charge >= 0.3 is 0 Å². The van der Waals surface area contributed by atoms with Crippen LogP contribution in [0, 0.1) is 11.3 Å². The predicted octanol–water partition coefficient (Wildman–Crippen LogP) is 1.71. The lowest BCUT2D eigenvalue weighted by molar-refractivity contribution is -0.109. The highest BCUT2D eigenvalue weighted by molar-refractivity contribution is 6.37. The number of alkyl halides is 2. The Morgan fingerprint density at radius 2 is 2.30 bits per heavy atom. The van der Waals surface area contributed by atoms with Gasteiger partial charge in [-0.1, -0.05) is 0 Å². The van der Waals surface area contributed by atoms with Gasteiger partial charge in [0.25, 0.3) is 0 Å². The molecule has 1 atom stereocenters. The molecule has 0 aromatic rings. The monoisotopic (exact) mass is 179 g/mol. The summed E-state index contributed by atoms with van der Waals surface area (Å²) in [5, 5.41) is 8.15. The van der Waals surface area contributed by atoms with E-state index in [4.69, 9.17) is 28.5 Å². The summed E-state index contributed by atoms with van der Waals surface area (Å²) in [6, 6.07) is 1.89. The Morgan fingerprint density at radius 3 is 2.60 bits per heavy atom. The molecule has 4 heteroatoms. The van der Waals surface area contributed by atoms with E-state index < -0.39 is 4.87 Å². The molecule has 0 heterocycles. The molecular weight excluding hydrogens is 173 g/mol. The van der Waals surface area contributed by atoms with Crippen molar-refractivity contribution in [3.8, 4) is 6.07 Å². The van der Waals surface area contributed by atoms with Gasteiger partial charge in [0.15, 0.2) is 0 Å². The fourth-order valence-corrected chi connectivity index (χ4v) is 0.712. The molecule has 0 aliphatic rings. The highest BCUT2D eigenvalue weighted by atomic mass is 35.5. The van der Waals surface area contributed by atoms with Crippen LogP contribution >= 0.6 is 23.2 Å². The molecule has 2 nitrogen and oxygen atoms in total. The molecular formula is C6H7Cl2NO. The fraction of sp³-hybridized carbons (Fsp3) is 0.667. The Bertz CT molecular complexity index is 154. The molecule has 0 spiro atoms. The molecule has 0 bridgehead atoms. The Kier molecular flexibility index (Phi) is 4.42. The molecule has 10 heavy (non-hydrogen) atoms. The first-order chi connectivity index (χ1) is 4.68. The van der Waals surface area contributed by atoms with Crippen LogP contribution in [0.1, 0.15) is 12.8 Å². The van der Waals surface area contributed by atoms with E-state index in [1.54, 1.807) is 0 Å². The van der Waals surface area contributed by atoms with Crippen LogP contribution < -0.4 is 0 Å². The van der Waals surface area contributed by atoms with Gasteiger partial charge in [-0.15, -0.1) is 23.2 Å². The molecule has 0 radical (unpaired) electrons. The molecule has 0 aromatic heterocycles. The molecule has 0 saturated carbocycles. The number of carbonyl (C=O) groups is 1. The van der Waals surface area contributed by atoms with Crippen LogP contribution in [0.2, 0.25) is 0 Å². The third-order valence-corrected chi connectivity index (χ3v) is 2.11. The number of nitrogens with zero attached hydrogens (tertiary/aromatic N) is 1. The number of hydrogen-bond donors (Lipinski definition) is 0. The molecule has 0 rings (SSSR count). The molecule has 0 aromatic carbocycles. The minimum absolute atomic E-state index is 0.0553. The smallest absolute Gasteiger partial charge is 0.142 e. The number of nitriles is 1. The van der Waals surface area contributed by atoms with E-state index in [9.17, 15) is 4.79 Å². The van der Waals surface area contributed by atoms with E-state index in [1.807, 2.05) is 6.07 Å². The van der Waals surface area contributed by atoms with Crippen molar-refractivity contribution in [2.75, 3.05) is 5.88 Å². The zero-order valence-corrected chi connectivity index (χ0v) is 6.82. The number of hydrogen-bond acceptors (Lipinski definition) is 2. The van der Waals surface area contributed by atoms with Gasteiger partial charge in [0.2, 0.25) is 0 Å². The van der Waals surface area contributed by atoms with Gasteiger partial charge in [0, 0.05) is 12.3 Å². The Balaban J connectivity index is 3.83. The summed E-state index contributed by atoms with van der Waals surface area (Å²) < 4.78 is 0. The van der Waals surface area contributed by atoms with Crippen LogP contribution in [0.15, 0.2) is 0 Å². The van der Waals surface area contributed by atoms with Crippen LogP contribution in [0.25, 0.3) is 0 Å². The summed E-state index contributed by atoms with van der Waals surface area (Å²) in [6.45, 7) is 0. The van der Waals surface area contributed by atoms with Gasteiger partial charge in [0.1, 0.15) is 11.2 Å². The van der Waals surface area contributed by atoms with Gasteiger partial charge in [-0.25, -0.2) is 0 Å². The largest absolute Gasteiger partial charge is 0.301 e. The van der Waals surface area contributed by atoms with Gasteiger partial charge < -0.3 is 4.79 Å². The lowest BCUT2D eigenvalue weighted by Gasteiger charge is -2.13. The number of halogens is 2. The molecule has 0 saturated heterocycles. The number of rotatable bonds is 4. The standard InChI is InChI=1S/C6H7Cl2NO/c7-4-6(8,5-10)2-1-3-9/h5H,1-2,4H2. The summed E-state index contributed by atoms with van der Waals surface area (Å²) in [7, 11) is 0.